The quantitative estimate of drug-likeness (QED) is 0.181. The van der Waals surface area contributed by atoms with E-state index in [1.807, 2.05) is 0 Å². The zero-order valence-electron chi connectivity index (χ0n) is 26.5. The van der Waals surface area contributed by atoms with Crippen molar-refractivity contribution < 1.29 is 0 Å². The number of benzene rings is 8. The summed E-state index contributed by atoms with van der Waals surface area (Å²) in [5.41, 5.74) is 13.2. The molecular weight excluding hydrogens is 579 g/mol. The Hall–Kier alpha value is -6.18. The van der Waals surface area contributed by atoms with E-state index in [4.69, 9.17) is 0 Å². The molecule has 226 valence electrons. The number of rotatable bonds is 6. The highest BCUT2D eigenvalue weighted by Crippen LogP contribution is 2.57. The maximum Gasteiger partial charge on any atom is 0.0713 e. The van der Waals surface area contributed by atoms with Crippen LogP contribution in [0.15, 0.2) is 200 Å². The minimum atomic E-state index is -0.405. The van der Waals surface area contributed by atoms with E-state index < -0.39 is 5.41 Å². The summed E-state index contributed by atoms with van der Waals surface area (Å²) in [4.78, 5) is 2.35. The third-order valence-corrected chi connectivity index (χ3v) is 9.90. The molecule has 0 atom stereocenters. The normalized spacial score (nSPS) is 12.8. The molecule has 8 aromatic carbocycles. The van der Waals surface area contributed by atoms with Gasteiger partial charge in [-0.05, 0) is 104 Å². The highest BCUT2D eigenvalue weighted by atomic mass is 15.1. The van der Waals surface area contributed by atoms with E-state index in [1.54, 1.807) is 0 Å². The zero-order valence-corrected chi connectivity index (χ0v) is 26.5. The van der Waals surface area contributed by atoms with Gasteiger partial charge in [0.15, 0.2) is 0 Å². The highest BCUT2D eigenvalue weighted by molar-refractivity contribution is 5.98. The van der Waals surface area contributed by atoms with Crippen LogP contribution in [0.25, 0.3) is 33.0 Å². The van der Waals surface area contributed by atoms with E-state index in [-0.39, 0.29) is 0 Å². The molecule has 1 aliphatic rings. The van der Waals surface area contributed by atoms with Crippen LogP contribution in [-0.4, -0.2) is 0 Å². The van der Waals surface area contributed by atoms with Crippen LogP contribution >= 0.6 is 0 Å². The molecule has 0 bridgehead atoms. The smallest absolute Gasteiger partial charge is 0.0713 e. The molecule has 0 aliphatic heterocycles. The van der Waals surface area contributed by atoms with E-state index >= 15 is 0 Å². The second-order valence-corrected chi connectivity index (χ2v) is 12.5. The van der Waals surface area contributed by atoms with Gasteiger partial charge in [-0.3, -0.25) is 0 Å². The standard InChI is InChI=1S/C47H33N/c1-5-15-34(16-6-1)35-25-28-41(29-26-35)48(40-21-11-4-12-22-40)42-30-27-36-33-46-44(32-37(36)31-42)43-23-13-14-24-45(43)47(46,38-17-7-2-8-18-38)39-19-9-3-10-20-39/h1-33H. The topological polar surface area (TPSA) is 3.24 Å². The third kappa shape index (κ3) is 4.47. The van der Waals surface area contributed by atoms with Crippen molar-refractivity contribution in [2.75, 3.05) is 4.90 Å². The monoisotopic (exact) mass is 611 g/mol. The summed E-state index contributed by atoms with van der Waals surface area (Å²) in [7, 11) is 0. The molecule has 9 rings (SSSR count). The molecule has 1 aliphatic carbocycles. The maximum atomic E-state index is 2.44. The fourth-order valence-electron chi connectivity index (χ4n) is 7.77. The van der Waals surface area contributed by atoms with Gasteiger partial charge in [-0.2, -0.15) is 0 Å². The Balaban J connectivity index is 1.23. The second kappa shape index (κ2) is 11.6. The van der Waals surface area contributed by atoms with Gasteiger partial charge < -0.3 is 4.90 Å². The summed E-state index contributed by atoms with van der Waals surface area (Å²) < 4.78 is 0. The lowest BCUT2D eigenvalue weighted by Crippen LogP contribution is -2.28. The molecular formula is C47H33N. The third-order valence-electron chi connectivity index (χ3n) is 9.90. The van der Waals surface area contributed by atoms with Crippen molar-refractivity contribution in [2.24, 2.45) is 0 Å². The first-order valence-corrected chi connectivity index (χ1v) is 16.6. The molecule has 0 unspecified atom stereocenters. The van der Waals surface area contributed by atoms with E-state index in [0.717, 1.165) is 17.1 Å². The molecule has 0 saturated heterocycles. The lowest BCUT2D eigenvalue weighted by Gasteiger charge is -2.34. The fraction of sp³-hybridized carbons (Fsp3) is 0.0213. The number of nitrogens with zero attached hydrogens (tertiary/aromatic N) is 1. The lowest BCUT2D eigenvalue weighted by molar-refractivity contribution is 0.769. The first kappa shape index (κ1) is 28.1. The highest BCUT2D eigenvalue weighted by Gasteiger charge is 2.46. The van der Waals surface area contributed by atoms with Crippen molar-refractivity contribution in [3.8, 4) is 22.3 Å². The Morgan fingerprint density at radius 1 is 0.312 bits per heavy atom. The molecule has 0 radical (unpaired) electrons. The van der Waals surface area contributed by atoms with Gasteiger partial charge in [-0.25, -0.2) is 0 Å². The molecule has 0 amide bonds. The Morgan fingerprint density at radius 3 is 1.50 bits per heavy atom. The Bertz CT molecular complexity index is 2320. The van der Waals surface area contributed by atoms with Crippen molar-refractivity contribution in [3.05, 3.63) is 222 Å². The number of anilines is 3. The van der Waals surface area contributed by atoms with Crippen LogP contribution in [-0.2, 0) is 5.41 Å². The summed E-state index contributed by atoms with van der Waals surface area (Å²) in [6.45, 7) is 0. The predicted octanol–water partition coefficient (Wildman–Crippen LogP) is 12.3. The van der Waals surface area contributed by atoms with Crippen molar-refractivity contribution in [1.82, 2.24) is 0 Å². The van der Waals surface area contributed by atoms with Crippen LogP contribution < -0.4 is 4.90 Å². The van der Waals surface area contributed by atoms with E-state index in [2.05, 4.69) is 205 Å². The molecule has 0 aromatic heterocycles. The second-order valence-electron chi connectivity index (χ2n) is 12.5. The van der Waals surface area contributed by atoms with Gasteiger partial charge in [0.25, 0.3) is 0 Å². The van der Waals surface area contributed by atoms with Crippen LogP contribution in [0.5, 0.6) is 0 Å². The van der Waals surface area contributed by atoms with Crippen molar-refractivity contribution in [2.45, 2.75) is 5.41 Å². The summed E-state index contributed by atoms with van der Waals surface area (Å²) >= 11 is 0. The number of fused-ring (bicyclic) bond motifs is 4. The molecule has 1 heteroatoms. The maximum absolute atomic E-state index is 2.44. The summed E-state index contributed by atoms with van der Waals surface area (Å²) in [6.07, 6.45) is 0. The molecule has 0 saturated carbocycles. The van der Waals surface area contributed by atoms with Crippen LogP contribution in [0.2, 0.25) is 0 Å². The van der Waals surface area contributed by atoms with Crippen molar-refractivity contribution in [1.29, 1.82) is 0 Å². The number of hydrogen-bond acceptors (Lipinski definition) is 1. The average molecular weight is 612 g/mol. The van der Waals surface area contributed by atoms with Gasteiger partial charge in [-0.1, -0.05) is 152 Å². The SMILES string of the molecule is c1ccc(-c2ccc(N(c3ccccc3)c3ccc4cc5c(cc4c3)-c3ccccc3C5(c3ccccc3)c3ccccc3)cc2)cc1. The van der Waals surface area contributed by atoms with Gasteiger partial charge in [0.05, 0.1) is 5.41 Å². The Labute approximate surface area is 282 Å². The van der Waals surface area contributed by atoms with Crippen LogP contribution in [0.3, 0.4) is 0 Å². The van der Waals surface area contributed by atoms with Gasteiger partial charge in [-0.15, -0.1) is 0 Å². The van der Waals surface area contributed by atoms with Gasteiger partial charge in [0.1, 0.15) is 0 Å². The molecule has 1 nitrogen and oxygen atoms in total. The number of hydrogen-bond donors (Lipinski definition) is 0. The average Bonchev–Trinajstić information content (AvgIpc) is 3.46. The minimum absolute atomic E-state index is 0.405. The predicted molar refractivity (Wildman–Crippen MR) is 201 cm³/mol. The molecule has 0 fully saturated rings. The van der Waals surface area contributed by atoms with E-state index in [9.17, 15) is 0 Å². The Kier molecular flexibility index (Phi) is 6.76. The minimum Gasteiger partial charge on any atom is -0.310 e. The molecule has 0 heterocycles. The summed E-state index contributed by atoms with van der Waals surface area (Å²) in [6, 6.07) is 72.9. The summed E-state index contributed by atoms with van der Waals surface area (Å²) in [5, 5.41) is 2.45. The first-order valence-electron chi connectivity index (χ1n) is 16.6. The van der Waals surface area contributed by atoms with Crippen LogP contribution in [0, 0.1) is 0 Å². The van der Waals surface area contributed by atoms with Gasteiger partial charge >= 0.3 is 0 Å². The molecule has 0 spiro atoms. The van der Waals surface area contributed by atoms with Crippen LogP contribution in [0.4, 0.5) is 17.1 Å². The first-order chi connectivity index (χ1) is 23.8. The number of para-hydroxylation sites is 1. The largest absolute Gasteiger partial charge is 0.310 e. The fourth-order valence-corrected chi connectivity index (χ4v) is 7.77. The zero-order chi connectivity index (χ0) is 31.9. The summed E-state index contributed by atoms with van der Waals surface area (Å²) in [5.74, 6) is 0. The Morgan fingerprint density at radius 2 is 0.833 bits per heavy atom. The van der Waals surface area contributed by atoms with Gasteiger partial charge in [0, 0.05) is 17.1 Å². The van der Waals surface area contributed by atoms with E-state index in [1.165, 1.54) is 55.3 Å². The lowest BCUT2D eigenvalue weighted by atomic mass is 9.67. The van der Waals surface area contributed by atoms with Gasteiger partial charge in [0.2, 0.25) is 0 Å². The molecule has 48 heavy (non-hydrogen) atoms. The van der Waals surface area contributed by atoms with Crippen molar-refractivity contribution in [3.63, 3.8) is 0 Å². The van der Waals surface area contributed by atoms with E-state index in [0.29, 0.717) is 0 Å². The van der Waals surface area contributed by atoms with Crippen molar-refractivity contribution >= 4 is 27.8 Å². The molecule has 8 aromatic rings. The van der Waals surface area contributed by atoms with Crippen LogP contribution in [0.1, 0.15) is 22.3 Å². The molecule has 0 N–H and O–H groups in total.